The van der Waals surface area contributed by atoms with Gasteiger partial charge in [0.15, 0.2) is 11.0 Å². The number of allylic oxidation sites excluding steroid dienone is 1. The number of amides is 1. The lowest BCUT2D eigenvalue weighted by Crippen LogP contribution is -2.15. The van der Waals surface area contributed by atoms with Crippen LogP contribution in [-0.2, 0) is 17.9 Å². The molecule has 0 radical (unpaired) electrons. The third kappa shape index (κ3) is 6.13. The lowest BCUT2D eigenvalue weighted by Gasteiger charge is -2.10. The van der Waals surface area contributed by atoms with Crippen LogP contribution in [0.15, 0.2) is 54.2 Å². The smallest absolute Gasteiger partial charge is 0.234 e. The summed E-state index contributed by atoms with van der Waals surface area (Å²) in [5, 5.41) is 12.1. The number of hydrogen-bond acceptors (Lipinski definition) is 5. The maximum Gasteiger partial charge on any atom is 0.234 e. The first kappa shape index (κ1) is 23.4. The Balaban J connectivity index is 1.64. The van der Waals surface area contributed by atoms with Crippen molar-refractivity contribution in [3.05, 3.63) is 75.8 Å². The molecular formula is C20H16Cl3FN4O2S. The predicted octanol–water partition coefficient (Wildman–Crippen LogP) is 5.87. The van der Waals surface area contributed by atoms with E-state index in [2.05, 4.69) is 22.1 Å². The van der Waals surface area contributed by atoms with Crippen molar-refractivity contribution in [1.82, 2.24) is 14.8 Å². The van der Waals surface area contributed by atoms with E-state index in [0.29, 0.717) is 39.0 Å². The van der Waals surface area contributed by atoms with Gasteiger partial charge in [-0.25, -0.2) is 4.39 Å². The van der Waals surface area contributed by atoms with Gasteiger partial charge >= 0.3 is 0 Å². The molecule has 0 aliphatic heterocycles. The standard InChI is InChI=1S/C20H16Cl3FN4O2S/c1-2-8-28-17(10-30-12-6-7-16(24)15(23)9-12)26-27-20(28)31-11-18(29)25-19-13(21)4-3-5-14(19)22/h2-7,9H,1,8,10-11H2,(H,25,29). The van der Waals surface area contributed by atoms with Crippen LogP contribution in [0.2, 0.25) is 15.1 Å². The molecule has 31 heavy (non-hydrogen) atoms. The Morgan fingerprint density at radius 2 is 1.94 bits per heavy atom. The van der Waals surface area contributed by atoms with E-state index in [0.717, 1.165) is 0 Å². The number of anilines is 1. The topological polar surface area (TPSA) is 69.0 Å². The number of nitrogens with zero attached hydrogens (tertiary/aromatic N) is 3. The van der Waals surface area contributed by atoms with Crippen molar-refractivity contribution in [1.29, 1.82) is 0 Å². The van der Waals surface area contributed by atoms with Crippen LogP contribution in [0.1, 0.15) is 5.82 Å². The molecule has 0 saturated heterocycles. The van der Waals surface area contributed by atoms with Gasteiger partial charge < -0.3 is 10.1 Å². The molecule has 0 unspecified atom stereocenters. The summed E-state index contributed by atoms with van der Waals surface area (Å²) in [6, 6.07) is 9.03. The van der Waals surface area contributed by atoms with E-state index in [-0.39, 0.29) is 23.3 Å². The molecule has 11 heteroatoms. The Morgan fingerprint density at radius 1 is 1.19 bits per heavy atom. The number of hydrogen-bond donors (Lipinski definition) is 1. The van der Waals surface area contributed by atoms with Crippen molar-refractivity contribution >= 4 is 58.2 Å². The predicted molar refractivity (Wildman–Crippen MR) is 122 cm³/mol. The Kier molecular flexibility index (Phi) is 8.20. The fraction of sp³-hybridized carbons (Fsp3) is 0.150. The molecule has 1 amide bonds. The molecule has 0 aliphatic carbocycles. The molecule has 0 aliphatic rings. The van der Waals surface area contributed by atoms with Gasteiger partial charge in [-0.05, 0) is 24.3 Å². The van der Waals surface area contributed by atoms with Crippen molar-refractivity contribution in [2.45, 2.75) is 18.3 Å². The average molecular weight is 502 g/mol. The molecule has 1 N–H and O–H groups in total. The number of halogens is 4. The van der Waals surface area contributed by atoms with Crippen molar-refractivity contribution in [2.24, 2.45) is 0 Å². The molecule has 0 fully saturated rings. The van der Waals surface area contributed by atoms with E-state index >= 15 is 0 Å². The van der Waals surface area contributed by atoms with E-state index < -0.39 is 5.82 Å². The second-order valence-electron chi connectivity index (χ2n) is 6.10. The molecule has 3 aromatic rings. The van der Waals surface area contributed by atoms with Crippen LogP contribution in [0.25, 0.3) is 0 Å². The van der Waals surface area contributed by atoms with Crippen LogP contribution in [0, 0.1) is 5.82 Å². The van der Waals surface area contributed by atoms with Gasteiger partial charge in [0, 0.05) is 12.6 Å². The zero-order chi connectivity index (χ0) is 22.4. The van der Waals surface area contributed by atoms with Gasteiger partial charge in [0.05, 0.1) is 26.5 Å². The largest absolute Gasteiger partial charge is 0.486 e. The van der Waals surface area contributed by atoms with Gasteiger partial charge in [0.2, 0.25) is 5.91 Å². The summed E-state index contributed by atoms with van der Waals surface area (Å²) < 4.78 is 20.7. The summed E-state index contributed by atoms with van der Waals surface area (Å²) in [6.07, 6.45) is 1.68. The Morgan fingerprint density at radius 3 is 2.61 bits per heavy atom. The van der Waals surface area contributed by atoms with Crippen molar-refractivity contribution < 1.29 is 13.9 Å². The minimum absolute atomic E-state index is 0.0362. The Hall–Kier alpha value is -2.26. The first-order valence-electron chi connectivity index (χ1n) is 8.86. The number of thioether (sulfide) groups is 1. The fourth-order valence-corrected chi connectivity index (χ4v) is 3.91. The van der Waals surface area contributed by atoms with Gasteiger partial charge in [-0.15, -0.1) is 16.8 Å². The molecule has 0 atom stereocenters. The number of ether oxygens (including phenoxy) is 1. The van der Waals surface area contributed by atoms with Crippen molar-refractivity contribution in [2.75, 3.05) is 11.1 Å². The van der Waals surface area contributed by atoms with E-state index in [9.17, 15) is 9.18 Å². The number of benzene rings is 2. The van der Waals surface area contributed by atoms with Crippen LogP contribution in [-0.4, -0.2) is 26.4 Å². The lowest BCUT2D eigenvalue weighted by atomic mass is 10.3. The zero-order valence-corrected chi connectivity index (χ0v) is 19.0. The third-order valence-corrected chi connectivity index (χ3v) is 5.81. The van der Waals surface area contributed by atoms with E-state index in [4.69, 9.17) is 39.5 Å². The van der Waals surface area contributed by atoms with Crippen molar-refractivity contribution in [3.63, 3.8) is 0 Å². The number of nitrogens with one attached hydrogen (secondary N) is 1. The molecule has 0 spiro atoms. The van der Waals surface area contributed by atoms with Crippen LogP contribution < -0.4 is 10.1 Å². The van der Waals surface area contributed by atoms with Gasteiger partial charge in [-0.1, -0.05) is 58.7 Å². The Labute approximate surface area is 197 Å². The van der Waals surface area contributed by atoms with Gasteiger partial charge in [0.1, 0.15) is 18.2 Å². The molecule has 6 nitrogen and oxygen atoms in total. The minimum atomic E-state index is -0.529. The molecule has 1 aromatic heterocycles. The summed E-state index contributed by atoms with van der Waals surface area (Å²) in [7, 11) is 0. The monoisotopic (exact) mass is 500 g/mol. The molecule has 2 aromatic carbocycles. The maximum absolute atomic E-state index is 13.3. The highest BCUT2D eigenvalue weighted by molar-refractivity contribution is 7.99. The number of carbonyl (C=O) groups is 1. The summed E-state index contributed by atoms with van der Waals surface area (Å²) in [5.41, 5.74) is 0.357. The van der Waals surface area contributed by atoms with Crippen molar-refractivity contribution in [3.8, 4) is 5.75 Å². The van der Waals surface area contributed by atoms with E-state index in [1.807, 2.05) is 0 Å². The number of para-hydroxylation sites is 1. The van der Waals surface area contributed by atoms with Gasteiger partial charge in [-0.3, -0.25) is 9.36 Å². The van der Waals surface area contributed by atoms with Gasteiger partial charge in [-0.2, -0.15) is 0 Å². The first-order chi connectivity index (χ1) is 14.9. The SMILES string of the molecule is C=CCn1c(COc2ccc(F)c(Cl)c2)nnc1SCC(=O)Nc1c(Cl)cccc1Cl. The summed E-state index contributed by atoms with van der Waals surface area (Å²) in [4.78, 5) is 12.3. The quantitative estimate of drug-likeness (QED) is 0.293. The summed E-state index contributed by atoms with van der Waals surface area (Å²) in [5.74, 6) is 0.138. The zero-order valence-electron chi connectivity index (χ0n) is 15.9. The highest BCUT2D eigenvalue weighted by atomic mass is 35.5. The number of aromatic nitrogens is 3. The number of rotatable bonds is 9. The van der Waals surface area contributed by atoms with E-state index in [1.54, 1.807) is 28.8 Å². The molecule has 162 valence electrons. The molecule has 0 saturated carbocycles. The molecule has 1 heterocycles. The second-order valence-corrected chi connectivity index (χ2v) is 8.26. The average Bonchev–Trinajstić information content (AvgIpc) is 3.12. The third-order valence-electron chi connectivity index (χ3n) is 3.92. The highest BCUT2D eigenvalue weighted by Gasteiger charge is 2.16. The number of carbonyl (C=O) groups excluding carboxylic acids is 1. The fourth-order valence-electron chi connectivity index (χ4n) is 2.48. The van der Waals surface area contributed by atoms with Gasteiger partial charge in [0.25, 0.3) is 0 Å². The molecular weight excluding hydrogens is 486 g/mol. The van der Waals surface area contributed by atoms with Crippen LogP contribution in [0.4, 0.5) is 10.1 Å². The van der Waals surface area contributed by atoms with Crippen LogP contribution in [0.5, 0.6) is 5.75 Å². The maximum atomic E-state index is 13.3. The lowest BCUT2D eigenvalue weighted by molar-refractivity contribution is -0.113. The van der Waals surface area contributed by atoms with Crippen LogP contribution in [0.3, 0.4) is 0 Å². The summed E-state index contributed by atoms with van der Waals surface area (Å²) >= 11 is 19.1. The first-order valence-corrected chi connectivity index (χ1v) is 11.0. The molecule has 3 rings (SSSR count). The second kappa shape index (κ2) is 10.9. The Bertz CT molecular complexity index is 1090. The normalized spacial score (nSPS) is 10.7. The van der Waals surface area contributed by atoms with E-state index in [1.165, 1.54) is 30.0 Å². The highest BCUT2D eigenvalue weighted by Crippen LogP contribution is 2.30. The minimum Gasteiger partial charge on any atom is -0.486 e. The summed E-state index contributed by atoms with van der Waals surface area (Å²) in [6.45, 7) is 4.22. The van der Waals surface area contributed by atoms with Crippen LogP contribution >= 0.6 is 46.6 Å². The molecule has 0 bridgehead atoms.